The molecule has 24 heavy (non-hydrogen) atoms. The van der Waals surface area contributed by atoms with Crippen molar-refractivity contribution in [2.45, 2.75) is 26.4 Å². The van der Waals surface area contributed by atoms with Crippen molar-refractivity contribution in [3.63, 3.8) is 0 Å². The highest BCUT2D eigenvalue weighted by Crippen LogP contribution is 2.19. The molecule has 1 rings (SSSR count). The number of hydrogen-bond acceptors (Lipinski definition) is 6. The van der Waals surface area contributed by atoms with Gasteiger partial charge in [0.15, 0.2) is 0 Å². The Hall–Kier alpha value is -2.22. The Morgan fingerprint density at radius 3 is 2.25 bits per heavy atom. The first-order chi connectivity index (χ1) is 11.4. The standard InChI is InChI=1S/C16H21NO6S/c1-4-11(2)23-13-7-5-12(6-8-13)22-10-9-17(16(20)24)14(18)15(19)21-3/h5-8,11H,4,9-10H2,1-3H3,(H,20,24). The third-order valence-electron chi connectivity index (χ3n) is 3.16. The zero-order valence-electron chi connectivity index (χ0n) is 13.9. The second-order valence-corrected chi connectivity index (χ2v) is 5.27. The van der Waals surface area contributed by atoms with E-state index in [-0.39, 0.29) is 19.3 Å². The number of nitrogens with zero attached hydrogens (tertiary/aromatic N) is 1. The summed E-state index contributed by atoms with van der Waals surface area (Å²) in [5, 5.41) is -0.855. The molecule has 0 saturated carbocycles. The van der Waals surface area contributed by atoms with Gasteiger partial charge in [0.05, 0.1) is 19.8 Å². The van der Waals surface area contributed by atoms with Crippen LogP contribution >= 0.6 is 12.6 Å². The second-order valence-electron chi connectivity index (χ2n) is 4.89. The van der Waals surface area contributed by atoms with Crippen molar-refractivity contribution >= 4 is 29.7 Å². The molecule has 0 saturated heterocycles. The molecule has 0 spiro atoms. The number of methoxy groups -OCH3 is 1. The van der Waals surface area contributed by atoms with Crippen molar-refractivity contribution in [1.82, 2.24) is 4.90 Å². The van der Waals surface area contributed by atoms with Crippen LogP contribution in [0.2, 0.25) is 0 Å². The van der Waals surface area contributed by atoms with Gasteiger partial charge in [0.25, 0.3) is 5.24 Å². The number of amides is 2. The zero-order chi connectivity index (χ0) is 18.1. The molecule has 0 N–H and O–H groups in total. The van der Waals surface area contributed by atoms with Crippen molar-refractivity contribution in [3.05, 3.63) is 24.3 Å². The average molecular weight is 355 g/mol. The van der Waals surface area contributed by atoms with Gasteiger partial charge in [-0.25, -0.2) is 4.79 Å². The summed E-state index contributed by atoms with van der Waals surface area (Å²) in [4.78, 5) is 34.8. The highest BCUT2D eigenvalue weighted by Gasteiger charge is 2.26. The maximum Gasteiger partial charge on any atom is 0.397 e. The van der Waals surface area contributed by atoms with Gasteiger partial charge in [-0.3, -0.25) is 14.5 Å². The Morgan fingerprint density at radius 1 is 1.17 bits per heavy atom. The molecule has 1 aromatic rings. The van der Waals surface area contributed by atoms with E-state index in [0.717, 1.165) is 19.3 Å². The van der Waals surface area contributed by atoms with Gasteiger partial charge in [-0.05, 0) is 37.6 Å². The van der Waals surface area contributed by atoms with Crippen LogP contribution < -0.4 is 9.47 Å². The van der Waals surface area contributed by atoms with E-state index in [1.807, 2.05) is 13.8 Å². The first kappa shape index (κ1) is 19.8. The second kappa shape index (κ2) is 9.82. The van der Waals surface area contributed by atoms with Crippen LogP contribution in [0.5, 0.6) is 11.5 Å². The minimum atomic E-state index is -1.14. The minimum absolute atomic E-state index is 0.0145. The molecule has 0 heterocycles. The monoisotopic (exact) mass is 355 g/mol. The molecule has 0 aliphatic heterocycles. The molecule has 0 aliphatic carbocycles. The van der Waals surface area contributed by atoms with E-state index in [4.69, 9.17) is 9.47 Å². The quantitative estimate of drug-likeness (QED) is 0.459. The van der Waals surface area contributed by atoms with E-state index in [2.05, 4.69) is 17.4 Å². The maximum absolute atomic E-state index is 11.6. The third kappa shape index (κ3) is 6.11. The Morgan fingerprint density at radius 2 is 1.75 bits per heavy atom. The number of hydrogen-bond donors (Lipinski definition) is 1. The van der Waals surface area contributed by atoms with E-state index < -0.39 is 17.1 Å². The lowest BCUT2D eigenvalue weighted by molar-refractivity contribution is -0.156. The van der Waals surface area contributed by atoms with Crippen LogP contribution in [-0.2, 0) is 14.3 Å². The van der Waals surface area contributed by atoms with Crippen molar-refractivity contribution in [2.75, 3.05) is 20.3 Å². The molecule has 1 unspecified atom stereocenters. The van der Waals surface area contributed by atoms with Gasteiger partial charge >= 0.3 is 11.9 Å². The first-order valence-electron chi connectivity index (χ1n) is 7.41. The molecule has 1 aromatic carbocycles. The Kier molecular flexibility index (Phi) is 8.11. The van der Waals surface area contributed by atoms with Gasteiger partial charge < -0.3 is 14.2 Å². The SMILES string of the molecule is CCC(C)Oc1ccc(OCCN(C(=O)S)C(=O)C(=O)OC)cc1. The first-order valence-corrected chi connectivity index (χ1v) is 7.86. The van der Waals surface area contributed by atoms with Crippen LogP contribution in [0.3, 0.4) is 0 Å². The fraction of sp³-hybridized carbons (Fsp3) is 0.438. The minimum Gasteiger partial charge on any atom is -0.492 e. The largest absolute Gasteiger partial charge is 0.492 e. The van der Waals surface area contributed by atoms with Crippen LogP contribution in [0, 0.1) is 0 Å². The molecule has 7 nitrogen and oxygen atoms in total. The van der Waals surface area contributed by atoms with Gasteiger partial charge in [-0.2, -0.15) is 0 Å². The summed E-state index contributed by atoms with van der Waals surface area (Å²) in [6.07, 6.45) is 1.02. The summed E-state index contributed by atoms with van der Waals surface area (Å²) in [5.74, 6) is -0.948. The van der Waals surface area contributed by atoms with Crippen LogP contribution in [0.25, 0.3) is 0 Å². The Balaban J connectivity index is 2.54. The number of benzene rings is 1. The summed E-state index contributed by atoms with van der Waals surface area (Å²) in [6, 6.07) is 6.96. The molecular weight excluding hydrogens is 334 g/mol. The number of thiol groups is 1. The predicted molar refractivity (Wildman–Crippen MR) is 90.4 cm³/mol. The molecular formula is C16H21NO6S. The predicted octanol–water partition coefficient (Wildman–Crippen LogP) is 2.29. The van der Waals surface area contributed by atoms with Crippen LogP contribution in [0.4, 0.5) is 4.79 Å². The molecule has 0 radical (unpaired) electrons. The van der Waals surface area contributed by atoms with E-state index in [9.17, 15) is 14.4 Å². The van der Waals surface area contributed by atoms with Crippen molar-refractivity contribution in [1.29, 1.82) is 0 Å². The molecule has 8 heteroatoms. The van der Waals surface area contributed by atoms with Crippen molar-refractivity contribution < 1.29 is 28.6 Å². The molecule has 0 aromatic heterocycles. The van der Waals surface area contributed by atoms with E-state index in [0.29, 0.717) is 10.6 Å². The number of ether oxygens (including phenoxy) is 3. The summed E-state index contributed by atoms with van der Waals surface area (Å²) in [5.41, 5.74) is 0. The number of imide groups is 1. The lowest BCUT2D eigenvalue weighted by Crippen LogP contribution is -2.41. The molecule has 0 fully saturated rings. The topological polar surface area (TPSA) is 82.1 Å². The fourth-order valence-corrected chi connectivity index (χ4v) is 1.86. The summed E-state index contributed by atoms with van der Waals surface area (Å²) in [7, 11) is 1.06. The normalized spacial score (nSPS) is 11.3. The van der Waals surface area contributed by atoms with Gasteiger partial charge in [-0.15, -0.1) is 0 Å². The Bertz CT molecular complexity index is 574. The van der Waals surface area contributed by atoms with Gasteiger partial charge in [0.1, 0.15) is 18.1 Å². The molecule has 0 bridgehead atoms. The van der Waals surface area contributed by atoms with Crippen molar-refractivity contribution in [2.24, 2.45) is 0 Å². The highest BCUT2D eigenvalue weighted by atomic mass is 32.1. The van der Waals surface area contributed by atoms with Crippen LogP contribution in [0.1, 0.15) is 20.3 Å². The summed E-state index contributed by atoms with van der Waals surface area (Å²) in [6.45, 7) is 3.90. The summed E-state index contributed by atoms with van der Waals surface area (Å²) < 4.78 is 15.4. The lowest BCUT2D eigenvalue weighted by Gasteiger charge is -2.17. The number of carbonyl (C=O) groups is 3. The van der Waals surface area contributed by atoms with Crippen LogP contribution in [-0.4, -0.2) is 48.4 Å². The van der Waals surface area contributed by atoms with E-state index >= 15 is 0 Å². The smallest absolute Gasteiger partial charge is 0.397 e. The Labute approximate surface area is 146 Å². The van der Waals surface area contributed by atoms with Crippen molar-refractivity contribution in [3.8, 4) is 11.5 Å². The lowest BCUT2D eigenvalue weighted by atomic mass is 10.3. The molecule has 132 valence electrons. The zero-order valence-corrected chi connectivity index (χ0v) is 14.7. The highest BCUT2D eigenvalue weighted by molar-refractivity contribution is 7.96. The average Bonchev–Trinajstić information content (AvgIpc) is 2.58. The van der Waals surface area contributed by atoms with E-state index in [1.54, 1.807) is 24.3 Å². The number of carbonyl (C=O) groups excluding carboxylic acids is 3. The number of esters is 1. The van der Waals surface area contributed by atoms with Gasteiger partial charge in [-0.1, -0.05) is 19.6 Å². The molecule has 0 aliphatic rings. The third-order valence-corrected chi connectivity index (χ3v) is 3.40. The van der Waals surface area contributed by atoms with E-state index in [1.165, 1.54) is 0 Å². The van der Waals surface area contributed by atoms with Gasteiger partial charge in [0.2, 0.25) is 0 Å². The summed E-state index contributed by atoms with van der Waals surface area (Å²) >= 11 is 3.57. The van der Waals surface area contributed by atoms with Crippen LogP contribution in [0.15, 0.2) is 24.3 Å². The fourth-order valence-electron chi connectivity index (χ4n) is 1.67. The maximum atomic E-state index is 11.6. The number of rotatable bonds is 7. The molecule has 2 amide bonds. The molecule has 1 atom stereocenters. The van der Waals surface area contributed by atoms with Gasteiger partial charge in [0, 0.05) is 0 Å².